The zero-order valence-corrected chi connectivity index (χ0v) is 10.5. The molecule has 0 atom stereocenters. The lowest BCUT2D eigenvalue weighted by atomic mass is 10.3. The van der Waals surface area contributed by atoms with Crippen LogP contribution in [0, 0.1) is 6.92 Å². The summed E-state index contributed by atoms with van der Waals surface area (Å²) in [5.74, 6) is 1.67. The zero-order valence-electron chi connectivity index (χ0n) is 10.5. The van der Waals surface area contributed by atoms with Gasteiger partial charge >= 0.3 is 0 Å². The minimum absolute atomic E-state index is 0.595. The molecule has 0 unspecified atom stereocenters. The fourth-order valence-electron chi connectivity index (χ4n) is 1.58. The third-order valence-corrected chi connectivity index (χ3v) is 2.49. The highest BCUT2D eigenvalue weighted by atomic mass is 15.1. The average Bonchev–Trinajstić information content (AvgIpc) is 2.41. The Bertz CT molecular complexity index is 499. The predicted octanol–water partition coefficient (Wildman–Crippen LogP) is 1.62. The molecule has 2 heterocycles. The lowest BCUT2D eigenvalue weighted by Gasteiger charge is -2.11. The van der Waals surface area contributed by atoms with Crippen LogP contribution in [0.5, 0.6) is 0 Å². The normalized spacial score (nSPS) is 10.1. The summed E-state index contributed by atoms with van der Waals surface area (Å²) in [4.78, 5) is 8.42. The van der Waals surface area contributed by atoms with Crippen LogP contribution in [-0.4, -0.2) is 26.7 Å². The first kappa shape index (κ1) is 12.2. The Morgan fingerprint density at radius 3 is 2.61 bits per heavy atom. The first-order valence-corrected chi connectivity index (χ1v) is 5.87. The second kappa shape index (κ2) is 5.90. The van der Waals surface area contributed by atoms with Gasteiger partial charge in [-0.15, -0.1) is 0 Å². The number of nitrogens with zero attached hydrogens (tertiary/aromatic N) is 4. The summed E-state index contributed by atoms with van der Waals surface area (Å²) < 4.78 is 0. The maximum atomic E-state index is 4.23. The van der Waals surface area contributed by atoms with E-state index < -0.39 is 0 Å². The monoisotopic (exact) mass is 244 g/mol. The Morgan fingerprint density at radius 1 is 1.17 bits per heavy atom. The van der Waals surface area contributed by atoms with Crippen LogP contribution < -0.4 is 10.6 Å². The van der Waals surface area contributed by atoms with Gasteiger partial charge in [-0.2, -0.15) is 10.2 Å². The van der Waals surface area contributed by atoms with Crippen LogP contribution in [0.4, 0.5) is 11.6 Å². The lowest BCUT2D eigenvalue weighted by Crippen LogP contribution is -2.08. The summed E-state index contributed by atoms with van der Waals surface area (Å²) in [5, 5.41) is 14.3. The molecule has 0 bridgehead atoms. The van der Waals surface area contributed by atoms with E-state index in [1.54, 1.807) is 12.5 Å². The van der Waals surface area contributed by atoms with Gasteiger partial charge in [0, 0.05) is 18.3 Å². The van der Waals surface area contributed by atoms with E-state index in [4.69, 9.17) is 0 Å². The fraction of sp³-hybridized carbons (Fsp3) is 0.333. The second-order valence-corrected chi connectivity index (χ2v) is 3.79. The van der Waals surface area contributed by atoms with Gasteiger partial charge in [0.15, 0.2) is 0 Å². The highest BCUT2D eigenvalue weighted by Crippen LogP contribution is 2.18. The van der Waals surface area contributed by atoms with Gasteiger partial charge in [-0.1, -0.05) is 0 Å². The van der Waals surface area contributed by atoms with Crippen LogP contribution >= 0.6 is 0 Å². The number of aromatic nitrogens is 4. The molecule has 0 radical (unpaired) electrons. The predicted molar refractivity (Wildman–Crippen MR) is 70.3 cm³/mol. The molecule has 2 aromatic heterocycles. The molecule has 6 nitrogen and oxygen atoms in total. The largest absolute Gasteiger partial charge is 0.370 e. The van der Waals surface area contributed by atoms with Crippen molar-refractivity contribution in [3.63, 3.8) is 0 Å². The van der Waals surface area contributed by atoms with Crippen LogP contribution in [0.3, 0.4) is 0 Å². The molecule has 2 N–H and O–H groups in total. The van der Waals surface area contributed by atoms with Gasteiger partial charge in [-0.25, -0.2) is 9.97 Å². The molecule has 0 aromatic carbocycles. The minimum Gasteiger partial charge on any atom is -0.370 e. The van der Waals surface area contributed by atoms with Crippen molar-refractivity contribution in [3.8, 4) is 0 Å². The van der Waals surface area contributed by atoms with Crippen LogP contribution in [0.15, 0.2) is 24.7 Å². The van der Waals surface area contributed by atoms with Gasteiger partial charge in [0.25, 0.3) is 0 Å². The highest BCUT2D eigenvalue weighted by molar-refractivity contribution is 5.56. The highest BCUT2D eigenvalue weighted by Gasteiger charge is 2.05. The van der Waals surface area contributed by atoms with Gasteiger partial charge in [0.2, 0.25) is 0 Å². The van der Waals surface area contributed by atoms with E-state index in [2.05, 4.69) is 30.8 Å². The molecule has 2 rings (SSSR count). The summed E-state index contributed by atoms with van der Waals surface area (Å²) in [6, 6.07) is 3.78. The van der Waals surface area contributed by atoms with Gasteiger partial charge < -0.3 is 10.6 Å². The van der Waals surface area contributed by atoms with Crippen LogP contribution in [0.25, 0.3) is 0 Å². The number of hydrogen-bond donors (Lipinski definition) is 2. The molecule has 0 saturated heterocycles. The van der Waals surface area contributed by atoms with Crippen molar-refractivity contribution in [3.05, 3.63) is 35.9 Å². The number of anilines is 2. The molecular weight excluding hydrogens is 228 g/mol. The Hall–Kier alpha value is -2.24. The smallest absolute Gasteiger partial charge is 0.134 e. The first-order chi connectivity index (χ1) is 8.81. The van der Waals surface area contributed by atoms with Crippen molar-refractivity contribution in [2.75, 3.05) is 17.2 Å². The zero-order chi connectivity index (χ0) is 12.8. The second-order valence-electron chi connectivity index (χ2n) is 3.79. The van der Waals surface area contributed by atoms with Crippen LogP contribution in [-0.2, 0) is 6.54 Å². The third-order valence-electron chi connectivity index (χ3n) is 2.49. The van der Waals surface area contributed by atoms with Crippen molar-refractivity contribution >= 4 is 11.6 Å². The maximum absolute atomic E-state index is 4.23. The number of nitrogens with one attached hydrogen (secondary N) is 2. The molecule has 0 saturated carbocycles. The van der Waals surface area contributed by atoms with Gasteiger partial charge in [-0.05, 0) is 26.0 Å². The number of rotatable bonds is 5. The number of hydrogen-bond acceptors (Lipinski definition) is 6. The Balaban J connectivity index is 2.08. The van der Waals surface area contributed by atoms with Gasteiger partial charge in [0.1, 0.15) is 18.0 Å². The molecule has 6 heteroatoms. The molecule has 0 fully saturated rings. The van der Waals surface area contributed by atoms with E-state index >= 15 is 0 Å². The summed E-state index contributed by atoms with van der Waals surface area (Å²) in [5.41, 5.74) is 1.88. The standard InChI is InChI=1S/C12H16N6/c1-3-13-11-9(2)12(16-8-15-11)14-7-10-5-4-6-17-18-10/h4-6,8H,3,7H2,1-2H3,(H2,13,14,15,16). The molecule has 0 amide bonds. The summed E-state index contributed by atoms with van der Waals surface area (Å²) in [6.45, 7) is 5.45. The van der Waals surface area contributed by atoms with Gasteiger partial charge in [-0.3, -0.25) is 0 Å². The molecule has 0 aliphatic carbocycles. The molecule has 0 spiro atoms. The Morgan fingerprint density at radius 2 is 1.94 bits per heavy atom. The molecule has 0 aliphatic heterocycles. The molecular formula is C12H16N6. The minimum atomic E-state index is 0.595. The topological polar surface area (TPSA) is 75.6 Å². The van der Waals surface area contributed by atoms with Crippen molar-refractivity contribution in [1.82, 2.24) is 20.2 Å². The quantitative estimate of drug-likeness (QED) is 0.832. The first-order valence-electron chi connectivity index (χ1n) is 5.87. The van der Waals surface area contributed by atoms with Crippen molar-refractivity contribution < 1.29 is 0 Å². The molecule has 2 aromatic rings. The SMILES string of the molecule is CCNc1ncnc(NCc2cccnn2)c1C. The van der Waals surface area contributed by atoms with E-state index in [1.807, 2.05) is 26.0 Å². The summed E-state index contributed by atoms with van der Waals surface area (Å²) in [7, 11) is 0. The van der Waals surface area contributed by atoms with Crippen molar-refractivity contribution in [2.24, 2.45) is 0 Å². The molecule has 0 aliphatic rings. The van der Waals surface area contributed by atoms with E-state index in [-0.39, 0.29) is 0 Å². The van der Waals surface area contributed by atoms with E-state index in [0.717, 1.165) is 29.4 Å². The van der Waals surface area contributed by atoms with Crippen LogP contribution in [0.2, 0.25) is 0 Å². The average molecular weight is 244 g/mol. The fourth-order valence-corrected chi connectivity index (χ4v) is 1.58. The van der Waals surface area contributed by atoms with Gasteiger partial charge in [0.05, 0.1) is 12.2 Å². The Kier molecular flexibility index (Phi) is 4.01. The van der Waals surface area contributed by atoms with Crippen molar-refractivity contribution in [1.29, 1.82) is 0 Å². The molecule has 18 heavy (non-hydrogen) atoms. The third kappa shape index (κ3) is 2.91. The van der Waals surface area contributed by atoms with E-state index in [0.29, 0.717) is 6.54 Å². The Labute approximate surface area is 106 Å². The van der Waals surface area contributed by atoms with Crippen LogP contribution in [0.1, 0.15) is 18.2 Å². The summed E-state index contributed by atoms with van der Waals surface area (Å²) >= 11 is 0. The summed E-state index contributed by atoms with van der Waals surface area (Å²) in [6.07, 6.45) is 3.20. The van der Waals surface area contributed by atoms with Crippen molar-refractivity contribution in [2.45, 2.75) is 20.4 Å². The molecule has 94 valence electrons. The lowest BCUT2D eigenvalue weighted by molar-refractivity contribution is 0.916. The van der Waals surface area contributed by atoms with E-state index in [9.17, 15) is 0 Å². The maximum Gasteiger partial charge on any atom is 0.134 e. The van der Waals surface area contributed by atoms with E-state index in [1.165, 1.54) is 0 Å².